The molecule has 3 saturated carbocycles. The van der Waals surface area contributed by atoms with Crippen LogP contribution in [0.5, 0.6) is 0 Å². The molecule has 9 unspecified atom stereocenters. The van der Waals surface area contributed by atoms with Gasteiger partial charge in [0.05, 0.1) is 11.7 Å². The molecule has 0 aliphatic heterocycles. The number of aliphatic hydroxyl groups is 2. The van der Waals surface area contributed by atoms with E-state index in [0.717, 1.165) is 56.9 Å². The van der Waals surface area contributed by atoms with Crippen LogP contribution in [0.3, 0.4) is 0 Å². The average Bonchev–Trinajstić information content (AvgIpc) is 3.00. The first-order valence-corrected chi connectivity index (χ1v) is 13.2. The van der Waals surface area contributed by atoms with E-state index < -0.39 is 5.60 Å². The highest BCUT2D eigenvalue weighted by Gasteiger charge is 2.64. The van der Waals surface area contributed by atoms with Gasteiger partial charge in [0.25, 0.3) is 0 Å². The van der Waals surface area contributed by atoms with Gasteiger partial charge in [0.1, 0.15) is 0 Å². The van der Waals surface area contributed by atoms with E-state index in [2.05, 4.69) is 54.2 Å². The summed E-state index contributed by atoms with van der Waals surface area (Å²) in [5.74, 6) is 3.85. The zero-order valence-electron chi connectivity index (χ0n) is 21.1. The fourth-order valence-electron chi connectivity index (χ4n) is 8.64. The molecule has 2 N–H and O–H groups in total. The summed E-state index contributed by atoms with van der Waals surface area (Å²) in [6, 6.07) is 0. The molecule has 0 saturated heterocycles. The second-order valence-electron chi connectivity index (χ2n) is 12.9. The van der Waals surface area contributed by atoms with E-state index in [0.29, 0.717) is 35.5 Å². The van der Waals surface area contributed by atoms with Gasteiger partial charge in [-0.3, -0.25) is 0 Å². The Kier molecular flexibility index (Phi) is 6.09. The van der Waals surface area contributed by atoms with Crippen molar-refractivity contribution >= 4 is 0 Å². The summed E-state index contributed by atoms with van der Waals surface area (Å²) in [7, 11) is 0. The first-order chi connectivity index (χ1) is 14.4. The Balaban J connectivity index is 1.56. The van der Waals surface area contributed by atoms with Crippen molar-refractivity contribution in [3.8, 4) is 0 Å². The molecule has 0 aromatic carbocycles. The van der Waals surface area contributed by atoms with Gasteiger partial charge in [0, 0.05) is 5.41 Å². The molecule has 0 aromatic rings. The van der Waals surface area contributed by atoms with Gasteiger partial charge in [-0.15, -0.1) is 0 Å². The highest BCUT2D eigenvalue weighted by molar-refractivity contribution is 5.30. The fraction of sp³-hybridized carbons (Fsp3) is 0.862. The Morgan fingerprint density at radius 2 is 1.74 bits per heavy atom. The molecular weight excluding hydrogens is 380 g/mol. The lowest BCUT2D eigenvalue weighted by Crippen LogP contribution is -2.55. The van der Waals surface area contributed by atoms with Crippen molar-refractivity contribution in [2.24, 2.45) is 46.3 Å². The van der Waals surface area contributed by atoms with Crippen LogP contribution in [0, 0.1) is 46.3 Å². The van der Waals surface area contributed by atoms with E-state index in [4.69, 9.17) is 0 Å². The van der Waals surface area contributed by atoms with Crippen molar-refractivity contribution in [3.05, 3.63) is 23.8 Å². The van der Waals surface area contributed by atoms with Crippen LogP contribution in [0.4, 0.5) is 0 Å². The first kappa shape index (κ1) is 23.6. The molecule has 4 aliphatic carbocycles. The molecule has 0 spiro atoms. The summed E-state index contributed by atoms with van der Waals surface area (Å²) in [5, 5.41) is 22.4. The van der Waals surface area contributed by atoms with Crippen LogP contribution in [0.25, 0.3) is 0 Å². The van der Waals surface area contributed by atoms with E-state index in [-0.39, 0.29) is 16.9 Å². The molecule has 4 rings (SSSR count). The standard InChI is InChI=1S/C29H48O2/c1-18(2)21(5)19(3)16-20(4)29(31)15-12-26-24-9-8-22-17-23(30)10-13-27(22,6)25(24)11-14-28(26,29)7/h8,18-19,21,23-26,30-31H,4,9-17H2,1-3,5-7H3. The summed E-state index contributed by atoms with van der Waals surface area (Å²) in [6.45, 7) is 18.7. The Hall–Kier alpha value is -0.600. The van der Waals surface area contributed by atoms with Crippen LogP contribution < -0.4 is 0 Å². The maximum atomic E-state index is 12.2. The number of aliphatic hydroxyl groups excluding tert-OH is 1. The average molecular weight is 429 g/mol. The number of hydrogen-bond acceptors (Lipinski definition) is 2. The maximum Gasteiger partial charge on any atom is 0.0910 e. The minimum Gasteiger partial charge on any atom is -0.393 e. The lowest BCUT2D eigenvalue weighted by atomic mass is 9.46. The van der Waals surface area contributed by atoms with Crippen LogP contribution in [0.1, 0.15) is 99.3 Å². The van der Waals surface area contributed by atoms with E-state index in [1.54, 1.807) is 0 Å². The maximum absolute atomic E-state index is 12.2. The minimum atomic E-state index is -0.707. The summed E-state index contributed by atoms with van der Waals surface area (Å²) < 4.78 is 0. The van der Waals surface area contributed by atoms with E-state index >= 15 is 0 Å². The molecule has 0 heterocycles. The van der Waals surface area contributed by atoms with Crippen molar-refractivity contribution < 1.29 is 10.2 Å². The van der Waals surface area contributed by atoms with Crippen molar-refractivity contribution in [3.63, 3.8) is 0 Å². The van der Waals surface area contributed by atoms with Crippen LogP contribution in [-0.2, 0) is 0 Å². The smallest absolute Gasteiger partial charge is 0.0910 e. The fourth-order valence-corrected chi connectivity index (χ4v) is 8.64. The molecule has 2 nitrogen and oxygen atoms in total. The van der Waals surface area contributed by atoms with Gasteiger partial charge < -0.3 is 10.2 Å². The molecular formula is C29H48O2. The predicted molar refractivity (Wildman–Crippen MR) is 130 cm³/mol. The molecule has 3 fully saturated rings. The molecule has 0 amide bonds. The van der Waals surface area contributed by atoms with Gasteiger partial charge in [0.15, 0.2) is 0 Å². The van der Waals surface area contributed by atoms with Crippen molar-refractivity contribution in [2.45, 2.75) is 111 Å². The van der Waals surface area contributed by atoms with Crippen LogP contribution in [0.2, 0.25) is 0 Å². The topological polar surface area (TPSA) is 40.5 Å². The SMILES string of the molecule is C=C(CC(C)C(C)C(C)C)C1(O)CCC2C3CC=C4CC(O)CCC4(C)C3CCC21C. The molecule has 0 radical (unpaired) electrons. The van der Waals surface area contributed by atoms with Crippen molar-refractivity contribution in [2.75, 3.05) is 0 Å². The van der Waals surface area contributed by atoms with E-state index in [1.807, 2.05) is 0 Å². The van der Waals surface area contributed by atoms with Gasteiger partial charge in [-0.25, -0.2) is 0 Å². The molecule has 0 bridgehead atoms. The number of fused-ring (bicyclic) bond motifs is 5. The van der Waals surface area contributed by atoms with Gasteiger partial charge in [-0.2, -0.15) is 0 Å². The summed E-state index contributed by atoms with van der Waals surface area (Å²) in [6.07, 6.45) is 11.8. The summed E-state index contributed by atoms with van der Waals surface area (Å²) in [4.78, 5) is 0. The molecule has 176 valence electrons. The van der Waals surface area contributed by atoms with E-state index in [9.17, 15) is 10.2 Å². The lowest BCUT2D eigenvalue weighted by Gasteiger charge is -2.59. The predicted octanol–water partition coefficient (Wildman–Crippen LogP) is 6.92. The number of hydrogen-bond donors (Lipinski definition) is 2. The van der Waals surface area contributed by atoms with Gasteiger partial charge in [-0.05, 0) is 104 Å². The van der Waals surface area contributed by atoms with Gasteiger partial charge >= 0.3 is 0 Å². The minimum absolute atomic E-state index is 0.0398. The Labute approximate surface area is 191 Å². The number of rotatable bonds is 5. The van der Waals surface area contributed by atoms with Crippen molar-refractivity contribution in [1.29, 1.82) is 0 Å². The first-order valence-electron chi connectivity index (χ1n) is 13.2. The summed E-state index contributed by atoms with van der Waals surface area (Å²) in [5.41, 5.74) is 2.16. The second kappa shape index (κ2) is 8.01. The molecule has 2 heteroatoms. The molecule has 4 aliphatic rings. The van der Waals surface area contributed by atoms with Crippen LogP contribution in [-0.4, -0.2) is 21.9 Å². The highest BCUT2D eigenvalue weighted by atomic mass is 16.3. The lowest BCUT2D eigenvalue weighted by molar-refractivity contribution is -0.108. The van der Waals surface area contributed by atoms with E-state index in [1.165, 1.54) is 12.0 Å². The van der Waals surface area contributed by atoms with Gasteiger partial charge in [0.2, 0.25) is 0 Å². The normalized spacial score (nSPS) is 46.5. The Morgan fingerprint density at radius 1 is 1.06 bits per heavy atom. The van der Waals surface area contributed by atoms with Crippen LogP contribution >= 0.6 is 0 Å². The van der Waals surface area contributed by atoms with Gasteiger partial charge in [-0.1, -0.05) is 59.8 Å². The Morgan fingerprint density at radius 3 is 2.42 bits per heavy atom. The number of allylic oxidation sites excluding steroid dienone is 1. The molecule has 0 aromatic heterocycles. The molecule has 9 atom stereocenters. The summed E-state index contributed by atoms with van der Waals surface area (Å²) >= 11 is 0. The van der Waals surface area contributed by atoms with Crippen LogP contribution in [0.15, 0.2) is 23.8 Å². The quantitative estimate of drug-likeness (QED) is 0.467. The third-order valence-corrected chi connectivity index (χ3v) is 11.3. The second-order valence-corrected chi connectivity index (χ2v) is 12.9. The Bertz CT molecular complexity index is 737. The largest absolute Gasteiger partial charge is 0.393 e. The third-order valence-electron chi connectivity index (χ3n) is 11.3. The zero-order valence-corrected chi connectivity index (χ0v) is 21.1. The highest BCUT2D eigenvalue weighted by Crippen LogP contribution is 2.68. The molecule has 31 heavy (non-hydrogen) atoms. The third kappa shape index (κ3) is 3.50. The monoisotopic (exact) mass is 428 g/mol. The zero-order chi connectivity index (χ0) is 22.8. The van der Waals surface area contributed by atoms with Crippen molar-refractivity contribution in [1.82, 2.24) is 0 Å².